The summed E-state index contributed by atoms with van der Waals surface area (Å²) < 4.78 is 10.7. The summed E-state index contributed by atoms with van der Waals surface area (Å²) in [6, 6.07) is 5.07. The van der Waals surface area contributed by atoms with Gasteiger partial charge < -0.3 is 20.3 Å². The molecule has 0 saturated heterocycles. The molecule has 0 spiro atoms. The zero-order valence-electron chi connectivity index (χ0n) is 11.6. The molecule has 1 aliphatic carbocycles. The third-order valence-corrected chi connectivity index (χ3v) is 4.05. The van der Waals surface area contributed by atoms with Gasteiger partial charge in [-0.1, -0.05) is 18.9 Å². The maximum Gasteiger partial charge on any atom is 0.127 e. The quantitative estimate of drug-likeness (QED) is 0.857. The van der Waals surface area contributed by atoms with Crippen LogP contribution >= 0.6 is 0 Å². The van der Waals surface area contributed by atoms with Gasteiger partial charge in [-0.3, -0.25) is 0 Å². The molecule has 0 aliphatic heterocycles. The van der Waals surface area contributed by atoms with Crippen molar-refractivity contribution in [2.24, 2.45) is 11.7 Å². The van der Waals surface area contributed by atoms with Crippen LogP contribution < -0.4 is 15.2 Å². The largest absolute Gasteiger partial charge is 0.496 e. The van der Waals surface area contributed by atoms with Gasteiger partial charge in [0, 0.05) is 0 Å². The summed E-state index contributed by atoms with van der Waals surface area (Å²) in [6.07, 6.45) is 3.90. The van der Waals surface area contributed by atoms with Crippen LogP contribution in [0.5, 0.6) is 11.5 Å². The van der Waals surface area contributed by atoms with E-state index in [0.29, 0.717) is 11.5 Å². The Morgan fingerprint density at radius 2 is 1.68 bits per heavy atom. The summed E-state index contributed by atoms with van der Waals surface area (Å²) in [5.41, 5.74) is 7.02. The molecule has 1 saturated carbocycles. The zero-order valence-corrected chi connectivity index (χ0v) is 11.6. The van der Waals surface area contributed by atoms with E-state index in [1.54, 1.807) is 14.2 Å². The summed E-state index contributed by atoms with van der Waals surface area (Å²) in [5, 5.41) is 10.5. The summed E-state index contributed by atoms with van der Waals surface area (Å²) in [4.78, 5) is 0. The molecule has 1 aromatic rings. The van der Waals surface area contributed by atoms with E-state index in [2.05, 4.69) is 0 Å². The highest BCUT2D eigenvalue weighted by Gasteiger charge is 2.31. The standard InChI is InChI=1S/C15H23NO3/c1-18-11-8-5-9-12(19-2)13(11)14(16)15(17)10-6-3-4-7-10/h5,8-10,14-15,17H,3-4,6-7,16H2,1-2H3/t14-,15+/m0/s1. The fourth-order valence-corrected chi connectivity index (χ4v) is 2.97. The highest BCUT2D eigenvalue weighted by molar-refractivity contribution is 5.47. The SMILES string of the molecule is COc1cccc(OC)c1[C@H](N)[C@H](O)C1CCCC1. The van der Waals surface area contributed by atoms with Crippen LogP contribution in [0.15, 0.2) is 18.2 Å². The molecular formula is C15H23NO3. The van der Waals surface area contributed by atoms with E-state index in [9.17, 15) is 5.11 Å². The van der Waals surface area contributed by atoms with Gasteiger partial charge in [-0.2, -0.15) is 0 Å². The number of aliphatic hydroxyl groups excluding tert-OH is 1. The number of nitrogens with two attached hydrogens (primary N) is 1. The van der Waals surface area contributed by atoms with Crippen LogP contribution in [0.1, 0.15) is 37.3 Å². The normalized spacial score (nSPS) is 19.2. The van der Waals surface area contributed by atoms with E-state index in [-0.39, 0.29) is 5.92 Å². The van der Waals surface area contributed by atoms with Crippen LogP contribution in [0.25, 0.3) is 0 Å². The van der Waals surface area contributed by atoms with Crippen molar-refractivity contribution in [1.29, 1.82) is 0 Å². The van der Waals surface area contributed by atoms with Crippen LogP contribution in [0.2, 0.25) is 0 Å². The van der Waals surface area contributed by atoms with Gasteiger partial charge in [0.2, 0.25) is 0 Å². The molecule has 19 heavy (non-hydrogen) atoms. The van der Waals surface area contributed by atoms with E-state index in [4.69, 9.17) is 15.2 Å². The average Bonchev–Trinajstić information content (AvgIpc) is 2.98. The average molecular weight is 265 g/mol. The second-order valence-electron chi connectivity index (χ2n) is 5.14. The second kappa shape index (κ2) is 6.26. The molecule has 0 radical (unpaired) electrons. The lowest BCUT2D eigenvalue weighted by molar-refractivity contribution is 0.0826. The Bertz CT molecular complexity index is 394. The van der Waals surface area contributed by atoms with Gasteiger partial charge in [0.1, 0.15) is 11.5 Å². The van der Waals surface area contributed by atoms with E-state index in [1.165, 1.54) is 12.8 Å². The maximum absolute atomic E-state index is 10.5. The van der Waals surface area contributed by atoms with Crippen molar-refractivity contribution >= 4 is 0 Å². The van der Waals surface area contributed by atoms with Crippen molar-refractivity contribution in [3.8, 4) is 11.5 Å². The Balaban J connectivity index is 2.28. The number of methoxy groups -OCH3 is 2. The summed E-state index contributed by atoms with van der Waals surface area (Å²) >= 11 is 0. The van der Waals surface area contributed by atoms with Crippen molar-refractivity contribution < 1.29 is 14.6 Å². The smallest absolute Gasteiger partial charge is 0.127 e. The van der Waals surface area contributed by atoms with Gasteiger partial charge in [-0.05, 0) is 30.9 Å². The number of aliphatic hydroxyl groups is 1. The molecule has 3 N–H and O–H groups in total. The minimum atomic E-state index is -0.548. The highest BCUT2D eigenvalue weighted by Crippen LogP contribution is 2.39. The highest BCUT2D eigenvalue weighted by atomic mass is 16.5. The van der Waals surface area contributed by atoms with Crippen LogP contribution in [0, 0.1) is 5.92 Å². The molecule has 4 nitrogen and oxygen atoms in total. The predicted molar refractivity (Wildman–Crippen MR) is 74.4 cm³/mol. The van der Waals surface area contributed by atoms with Crippen molar-refractivity contribution in [2.75, 3.05) is 14.2 Å². The molecule has 0 unspecified atom stereocenters. The fraction of sp³-hybridized carbons (Fsp3) is 0.600. The Hall–Kier alpha value is -1.26. The van der Waals surface area contributed by atoms with Crippen LogP contribution in [-0.4, -0.2) is 25.4 Å². The summed E-state index contributed by atoms with van der Waals surface area (Å²) in [6.45, 7) is 0. The molecule has 0 heterocycles. The molecular weight excluding hydrogens is 242 g/mol. The lowest BCUT2D eigenvalue weighted by Crippen LogP contribution is -2.32. The number of rotatable bonds is 5. The molecule has 0 aromatic heterocycles. The van der Waals surface area contributed by atoms with Crippen molar-refractivity contribution in [3.05, 3.63) is 23.8 Å². The van der Waals surface area contributed by atoms with Gasteiger partial charge in [0.15, 0.2) is 0 Å². The van der Waals surface area contributed by atoms with Crippen molar-refractivity contribution in [2.45, 2.75) is 37.8 Å². The van der Waals surface area contributed by atoms with Gasteiger partial charge in [0.25, 0.3) is 0 Å². The van der Waals surface area contributed by atoms with E-state index < -0.39 is 12.1 Å². The molecule has 0 bridgehead atoms. The molecule has 1 aromatic carbocycles. The van der Waals surface area contributed by atoms with Crippen LogP contribution in [0.4, 0.5) is 0 Å². The first-order valence-electron chi connectivity index (χ1n) is 6.83. The Morgan fingerprint density at radius 1 is 1.16 bits per heavy atom. The first kappa shape index (κ1) is 14.2. The van der Waals surface area contributed by atoms with Crippen molar-refractivity contribution in [1.82, 2.24) is 0 Å². The second-order valence-corrected chi connectivity index (χ2v) is 5.14. The third-order valence-electron chi connectivity index (χ3n) is 4.05. The van der Waals surface area contributed by atoms with Gasteiger partial charge in [-0.15, -0.1) is 0 Å². The number of hydrogen-bond acceptors (Lipinski definition) is 4. The maximum atomic E-state index is 10.5. The molecule has 1 aliphatic rings. The Kier molecular flexibility index (Phi) is 4.66. The minimum absolute atomic E-state index is 0.282. The molecule has 2 rings (SSSR count). The van der Waals surface area contributed by atoms with Gasteiger partial charge in [-0.25, -0.2) is 0 Å². The Labute approximate surface area is 114 Å². The summed E-state index contributed by atoms with van der Waals surface area (Å²) in [7, 11) is 3.21. The molecule has 0 amide bonds. The predicted octanol–water partition coefficient (Wildman–Crippen LogP) is 2.25. The summed E-state index contributed by atoms with van der Waals surface area (Å²) in [5.74, 6) is 1.62. The lowest BCUT2D eigenvalue weighted by atomic mass is 9.90. The fourth-order valence-electron chi connectivity index (χ4n) is 2.97. The number of hydrogen-bond donors (Lipinski definition) is 2. The van der Waals surface area contributed by atoms with Gasteiger partial charge in [0.05, 0.1) is 31.9 Å². The monoisotopic (exact) mass is 265 g/mol. The Morgan fingerprint density at radius 3 is 2.16 bits per heavy atom. The van der Waals surface area contributed by atoms with E-state index in [1.807, 2.05) is 18.2 Å². The molecule has 2 atom stereocenters. The van der Waals surface area contributed by atoms with E-state index >= 15 is 0 Å². The van der Waals surface area contributed by atoms with Crippen LogP contribution in [0.3, 0.4) is 0 Å². The first-order valence-corrected chi connectivity index (χ1v) is 6.83. The topological polar surface area (TPSA) is 64.7 Å². The number of benzene rings is 1. The molecule has 4 heteroatoms. The van der Waals surface area contributed by atoms with Crippen molar-refractivity contribution in [3.63, 3.8) is 0 Å². The lowest BCUT2D eigenvalue weighted by Gasteiger charge is -2.27. The van der Waals surface area contributed by atoms with E-state index in [0.717, 1.165) is 18.4 Å². The zero-order chi connectivity index (χ0) is 13.8. The van der Waals surface area contributed by atoms with Crippen LogP contribution in [-0.2, 0) is 0 Å². The molecule has 1 fully saturated rings. The third kappa shape index (κ3) is 2.85. The number of ether oxygens (including phenoxy) is 2. The van der Waals surface area contributed by atoms with Gasteiger partial charge >= 0.3 is 0 Å². The first-order chi connectivity index (χ1) is 9.19. The molecule has 106 valence electrons. The minimum Gasteiger partial charge on any atom is -0.496 e.